The summed E-state index contributed by atoms with van der Waals surface area (Å²) in [7, 11) is -2.95. The Hall–Kier alpha value is -2.26. The Morgan fingerprint density at radius 1 is 1.23 bits per heavy atom. The van der Waals surface area contributed by atoms with Crippen LogP contribution in [-0.2, 0) is 16.4 Å². The van der Waals surface area contributed by atoms with Crippen molar-refractivity contribution in [3.05, 3.63) is 54.0 Å². The first-order valence-electron chi connectivity index (χ1n) is 8.11. The highest BCUT2D eigenvalue weighted by atomic mass is 32.2. The second-order valence-corrected chi connectivity index (χ2v) is 9.58. The van der Waals surface area contributed by atoms with Crippen molar-refractivity contribution in [2.24, 2.45) is 4.99 Å². The van der Waals surface area contributed by atoms with Crippen LogP contribution in [0.4, 0.5) is 5.69 Å². The fraction of sp³-hybridized carbons (Fsp3) is 0.294. The summed E-state index contributed by atoms with van der Waals surface area (Å²) in [6.07, 6.45) is 1.56. The van der Waals surface area contributed by atoms with E-state index < -0.39 is 9.84 Å². The van der Waals surface area contributed by atoms with Gasteiger partial charge in [-0.2, -0.15) is 0 Å². The number of rotatable bonds is 4. The van der Waals surface area contributed by atoms with Gasteiger partial charge < -0.3 is 15.1 Å². The fourth-order valence-electron chi connectivity index (χ4n) is 2.93. The molecule has 2 aromatic rings. The summed E-state index contributed by atoms with van der Waals surface area (Å²) >= 11 is 1.47. The van der Waals surface area contributed by atoms with E-state index in [2.05, 4.69) is 15.6 Å². The van der Waals surface area contributed by atoms with Crippen molar-refractivity contribution in [2.45, 2.75) is 17.8 Å². The average Bonchev–Trinajstić information content (AvgIpc) is 3.28. The highest BCUT2D eigenvalue weighted by molar-refractivity contribution is 8.15. The number of thioether (sulfide) groups is 1. The average molecular weight is 391 g/mol. The highest BCUT2D eigenvalue weighted by Gasteiger charge is 2.42. The lowest BCUT2D eigenvalue weighted by molar-refractivity contribution is 0.0948. The van der Waals surface area contributed by atoms with Crippen molar-refractivity contribution < 1.29 is 17.6 Å². The third kappa shape index (κ3) is 3.78. The predicted molar refractivity (Wildman–Crippen MR) is 101 cm³/mol. The summed E-state index contributed by atoms with van der Waals surface area (Å²) in [5, 5.41) is 6.71. The van der Waals surface area contributed by atoms with E-state index in [1.165, 1.54) is 11.8 Å². The number of amides is 1. The molecule has 0 spiro atoms. The SMILES string of the molecule is O=C(NCc1ccco1)c1ccc(NC2=NC3CS(=O)(=O)CC3S2)cc1. The van der Waals surface area contributed by atoms with Gasteiger partial charge in [0, 0.05) is 16.5 Å². The summed E-state index contributed by atoms with van der Waals surface area (Å²) in [4.78, 5) is 16.6. The number of hydrogen-bond acceptors (Lipinski definition) is 7. The van der Waals surface area contributed by atoms with Gasteiger partial charge in [-0.05, 0) is 36.4 Å². The largest absolute Gasteiger partial charge is 0.467 e. The van der Waals surface area contributed by atoms with Gasteiger partial charge in [0.05, 0.1) is 30.4 Å². The molecule has 2 atom stereocenters. The van der Waals surface area contributed by atoms with Gasteiger partial charge >= 0.3 is 0 Å². The maximum Gasteiger partial charge on any atom is 0.251 e. The normalized spacial score (nSPS) is 23.3. The van der Waals surface area contributed by atoms with Crippen LogP contribution in [0.1, 0.15) is 16.1 Å². The quantitative estimate of drug-likeness (QED) is 0.825. The van der Waals surface area contributed by atoms with Gasteiger partial charge in [-0.3, -0.25) is 9.79 Å². The van der Waals surface area contributed by atoms with Crippen LogP contribution in [0.25, 0.3) is 0 Å². The van der Waals surface area contributed by atoms with Gasteiger partial charge in [0.2, 0.25) is 0 Å². The van der Waals surface area contributed by atoms with Gasteiger partial charge in [-0.15, -0.1) is 0 Å². The summed E-state index contributed by atoms with van der Waals surface area (Å²) in [6, 6.07) is 10.5. The van der Waals surface area contributed by atoms with Crippen molar-refractivity contribution in [1.29, 1.82) is 0 Å². The molecule has 2 N–H and O–H groups in total. The molecule has 2 aliphatic heterocycles. The maximum absolute atomic E-state index is 12.1. The first-order valence-corrected chi connectivity index (χ1v) is 10.8. The Bertz CT molecular complexity index is 937. The Kier molecular flexibility index (Phi) is 4.49. The molecule has 0 saturated carbocycles. The van der Waals surface area contributed by atoms with Crippen LogP contribution in [0.5, 0.6) is 0 Å². The molecule has 0 radical (unpaired) electrons. The number of hydrogen-bond donors (Lipinski definition) is 2. The predicted octanol–water partition coefficient (Wildman–Crippen LogP) is 1.89. The first kappa shape index (κ1) is 17.2. The van der Waals surface area contributed by atoms with E-state index in [1.54, 1.807) is 42.7 Å². The van der Waals surface area contributed by atoms with Crippen LogP contribution in [0.2, 0.25) is 0 Å². The van der Waals surface area contributed by atoms with E-state index in [9.17, 15) is 13.2 Å². The zero-order valence-electron chi connectivity index (χ0n) is 13.7. The number of aliphatic imine (C=N–C) groups is 1. The topological polar surface area (TPSA) is 101 Å². The van der Waals surface area contributed by atoms with E-state index in [4.69, 9.17) is 4.42 Å². The minimum absolute atomic E-state index is 0.00847. The van der Waals surface area contributed by atoms with E-state index in [-0.39, 0.29) is 28.7 Å². The van der Waals surface area contributed by atoms with Crippen molar-refractivity contribution in [3.63, 3.8) is 0 Å². The minimum Gasteiger partial charge on any atom is -0.467 e. The Balaban J connectivity index is 1.34. The van der Waals surface area contributed by atoms with Gasteiger partial charge in [0.1, 0.15) is 5.76 Å². The first-order chi connectivity index (χ1) is 12.5. The highest BCUT2D eigenvalue weighted by Crippen LogP contribution is 2.34. The lowest BCUT2D eigenvalue weighted by Crippen LogP contribution is -2.22. The number of carbonyl (C=O) groups excluding carboxylic acids is 1. The zero-order chi connectivity index (χ0) is 18.1. The molecule has 0 aliphatic carbocycles. The molecule has 1 fully saturated rings. The molecule has 2 aliphatic rings. The number of sulfone groups is 1. The molecule has 0 bridgehead atoms. The zero-order valence-corrected chi connectivity index (χ0v) is 15.3. The Labute approximate surface area is 155 Å². The third-order valence-electron chi connectivity index (χ3n) is 4.22. The van der Waals surface area contributed by atoms with Crippen LogP contribution in [0.15, 0.2) is 52.1 Å². The molecule has 26 heavy (non-hydrogen) atoms. The van der Waals surface area contributed by atoms with Crippen LogP contribution in [0.3, 0.4) is 0 Å². The van der Waals surface area contributed by atoms with Gasteiger partial charge in [-0.1, -0.05) is 11.8 Å². The van der Waals surface area contributed by atoms with Gasteiger partial charge in [0.25, 0.3) is 5.91 Å². The molecular weight excluding hydrogens is 374 g/mol. The standard InChI is InChI=1S/C17H17N3O4S2/c21-16(18-8-13-2-1-7-24-13)11-3-5-12(6-4-11)19-17-20-14-9-26(22,23)10-15(14)25-17/h1-7,14-15H,8-10H2,(H,18,21)(H,19,20). The second kappa shape index (κ2) is 6.81. The number of amidine groups is 1. The van der Waals surface area contributed by atoms with Crippen LogP contribution in [-0.4, -0.2) is 42.3 Å². The summed E-state index contributed by atoms with van der Waals surface area (Å²) in [5.74, 6) is 0.830. The molecule has 7 nitrogen and oxygen atoms in total. The fourth-order valence-corrected chi connectivity index (χ4v) is 6.60. The number of fused-ring (bicyclic) bond motifs is 1. The van der Waals surface area contributed by atoms with E-state index in [1.807, 2.05) is 0 Å². The van der Waals surface area contributed by atoms with Crippen molar-refractivity contribution >= 4 is 38.4 Å². The smallest absolute Gasteiger partial charge is 0.251 e. The van der Waals surface area contributed by atoms with E-state index >= 15 is 0 Å². The van der Waals surface area contributed by atoms with Crippen molar-refractivity contribution in [3.8, 4) is 0 Å². The summed E-state index contributed by atoms with van der Waals surface area (Å²) in [5.41, 5.74) is 1.35. The summed E-state index contributed by atoms with van der Waals surface area (Å²) < 4.78 is 28.4. The number of benzene rings is 1. The molecule has 136 valence electrons. The monoisotopic (exact) mass is 391 g/mol. The van der Waals surface area contributed by atoms with Crippen molar-refractivity contribution in [2.75, 3.05) is 16.8 Å². The van der Waals surface area contributed by atoms with Crippen molar-refractivity contribution in [1.82, 2.24) is 5.32 Å². The number of furan rings is 1. The number of anilines is 1. The second-order valence-electron chi connectivity index (χ2n) is 6.20. The number of carbonyl (C=O) groups is 1. The molecule has 1 saturated heterocycles. The van der Waals surface area contributed by atoms with E-state index in [0.29, 0.717) is 17.9 Å². The molecule has 1 aromatic carbocycles. The van der Waals surface area contributed by atoms with Gasteiger partial charge in [-0.25, -0.2) is 8.42 Å². The van der Waals surface area contributed by atoms with Crippen LogP contribution >= 0.6 is 11.8 Å². The maximum atomic E-state index is 12.1. The molecule has 1 amide bonds. The minimum atomic E-state index is -2.95. The molecule has 9 heteroatoms. The molecule has 3 heterocycles. The lowest BCUT2D eigenvalue weighted by atomic mass is 10.2. The van der Waals surface area contributed by atoms with E-state index in [0.717, 1.165) is 10.9 Å². The number of nitrogens with zero attached hydrogens (tertiary/aromatic N) is 1. The van der Waals surface area contributed by atoms with Gasteiger partial charge in [0.15, 0.2) is 15.0 Å². The molecule has 4 rings (SSSR count). The lowest BCUT2D eigenvalue weighted by Gasteiger charge is -2.08. The Morgan fingerprint density at radius 3 is 2.73 bits per heavy atom. The number of nitrogens with one attached hydrogen (secondary N) is 2. The molecule has 2 unspecified atom stereocenters. The van der Waals surface area contributed by atoms with Crippen LogP contribution < -0.4 is 10.6 Å². The van der Waals surface area contributed by atoms with Crippen LogP contribution in [0, 0.1) is 0 Å². The Morgan fingerprint density at radius 2 is 2.04 bits per heavy atom. The molecular formula is C17H17N3O4S2. The summed E-state index contributed by atoms with van der Waals surface area (Å²) in [6.45, 7) is 0.338. The third-order valence-corrected chi connectivity index (χ3v) is 7.36. The molecule has 1 aromatic heterocycles.